The van der Waals surface area contributed by atoms with Crippen molar-refractivity contribution in [2.24, 2.45) is 11.1 Å². The van der Waals surface area contributed by atoms with E-state index in [4.69, 9.17) is 10.5 Å². The molecule has 1 saturated heterocycles. The maximum Gasteiger partial charge on any atom is 0.341 e. The summed E-state index contributed by atoms with van der Waals surface area (Å²) in [7, 11) is 1.44. The number of anilines is 1. The lowest BCUT2D eigenvalue weighted by Gasteiger charge is -2.26. The molecule has 4 rings (SSSR count). The van der Waals surface area contributed by atoms with Crippen molar-refractivity contribution in [3.8, 4) is 5.75 Å². The van der Waals surface area contributed by atoms with Crippen molar-refractivity contribution in [2.75, 3.05) is 25.1 Å². The molecule has 8 heteroatoms. The fourth-order valence-electron chi connectivity index (χ4n) is 4.05. The summed E-state index contributed by atoms with van der Waals surface area (Å²) in [4.78, 5) is 26.1. The van der Waals surface area contributed by atoms with Gasteiger partial charge in [-0.3, -0.25) is 4.79 Å². The summed E-state index contributed by atoms with van der Waals surface area (Å²) in [5, 5.41) is 9.42. The number of carboxylic acid groups (broad SMARTS) is 1. The van der Waals surface area contributed by atoms with Crippen LogP contribution in [0.25, 0.3) is 10.9 Å². The lowest BCUT2D eigenvalue weighted by molar-refractivity contribution is 0.0695. The largest absolute Gasteiger partial charge is 0.492 e. The predicted octanol–water partition coefficient (Wildman–Crippen LogP) is 2.36. The van der Waals surface area contributed by atoms with Gasteiger partial charge in [0.15, 0.2) is 11.6 Å². The minimum atomic E-state index is -1.32. The Morgan fingerprint density at radius 2 is 2.07 bits per heavy atom. The molecule has 1 aliphatic carbocycles. The van der Waals surface area contributed by atoms with Crippen LogP contribution >= 0.6 is 0 Å². The number of pyridine rings is 1. The van der Waals surface area contributed by atoms with E-state index in [1.54, 1.807) is 4.57 Å². The third-order valence-corrected chi connectivity index (χ3v) is 5.91. The monoisotopic (exact) mass is 389 g/mol. The molecule has 2 fully saturated rings. The number of rotatable bonds is 4. The number of hydrogen-bond acceptors (Lipinski definition) is 5. The highest BCUT2D eigenvalue weighted by Crippen LogP contribution is 2.45. The summed E-state index contributed by atoms with van der Waals surface area (Å²) in [5.74, 6) is -1.69. The predicted molar refractivity (Wildman–Crippen MR) is 104 cm³/mol. The van der Waals surface area contributed by atoms with Gasteiger partial charge >= 0.3 is 5.97 Å². The summed E-state index contributed by atoms with van der Waals surface area (Å²) >= 11 is 0. The number of methoxy groups -OCH3 is 1. The molecular weight excluding hydrogens is 365 g/mol. The molecule has 0 bridgehead atoms. The molecule has 7 nitrogen and oxygen atoms in total. The smallest absolute Gasteiger partial charge is 0.341 e. The Morgan fingerprint density at radius 1 is 1.39 bits per heavy atom. The van der Waals surface area contributed by atoms with Gasteiger partial charge in [0.1, 0.15) is 11.3 Å². The first-order chi connectivity index (χ1) is 13.2. The number of ether oxygens (including phenoxy) is 1. The van der Waals surface area contributed by atoms with Crippen LogP contribution in [0.4, 0.5) is 10.1 Å². The number of benzene rings is 1. The van der Waals surface area contributed by atoms with Crippen LogP contribution < -0.4 is 20.8 Å². The van der Waals surface area contributed by atoms with E-state index < -0.39 is 17.2 Å². The van der Waals surface area contributed by atoms with Crippen molar-refractivity contribution in [2.45, 2.75) is 38.8 Å². The van der Waals surface area contributed by atoms with Crippen LogP contribution in [0.1, 0.15) is 43.1 Å². The molecule has 0 radical (unpaired) electrons. The van der Waals surface area contributed by atoms with E-state index in [0.717, 1.165) is 18.9 Å². The number of carbonyl (C=O) groups is 1. The van der Waals surface area contributed by atoms with Crippen LogP contribution in [0.5, 0.6) is 5.75 Å². The molecule has 2 heterocycles. The highest BCUT2D eigenvalue weighted by atomic mass is 19.1. The Kier molecular flexibility index (Phi) is 4.15. The van der Waals surface area contributed by atoms with E-state index in [-0.39, 0.29) is 39.9 Å². The van der Waals surface area contributed by atoms with Gasteiger partial charge in [-0.15, -0.1) is 0 Å². The first-order valence-electron chi connectivity index (χ1n) is 9.35. The zero-order valence-electron chi connectivity index (χ0n) is 16.2. The standard InChI is InChI=1S/C20H24FN3O4/c1-20(2)9-23(8-14(20)22)16-13(21)6-11-15(18(16)28-3)24(10-4-5-10)7-12(17(11)25)19(26)27/h6-7,10,14H,4-5,8-9,22H2,1-3H3,(H,26,27)/t14-/m1/s1. The zero-order chi connectivity index (χ0) is 20.4. The third kappa shape index (κ3) is 2.74. The Bertz CT molecular complexity index is 1040. The van der Waals surface area contributed by atoms with Crippen LogP contribution in [0.15, 0.2) is 17.1 Å². The molecular formula is C20H24FN3O4. The van der Waals surface area contributed by atoms with Crippen molar-refractivity contribution in [3.63, 3.8) is 0 Å². The number of nitrogens with zero attached hydrogens (tertiary/aromatic N) is 2. The van der Waals surface area contributed by atoms with Crippen molar-refractivity contribution < 1.29 is 19.0 Å². The van der Waals surface area contributed by atoms with E-state index in [9.17, 15) is 14.7 Å². The Balaban J connectivity index is 2.03. The second kappa shape index (κ2) is 6.20. The average Bonchev–Trinajstić information content (AvgIpc) is 3.41. The molecule has 1 atom stereocenters. The summed E-state index contributed by atoms with van der Waals surface area (Å²) in [6.45, 7) is 5.07. The van der Waals surface area contributed by atoms with Crippen LogP contribution in [0.3, 0.4) is 0 Å². The number of fused-ring (bicyclic) bond motifs is 1. The summed E-state index contributed by atoms with van der Waals surface area (Å²) in [6, 6.07) is 1.08. The van der Waals surface area contributed by atoms with Crippen molar-refractivity contribution in [3.05, 3.63) is 33.9 Å². The topological polar surface area (TPSA) is 97.8 Å². The second-order valence-corrected chi connectivity index (χ2v) is 8.43. The van der Waals surface area contributed by atoms with E-state index in [2.05, 4.69) is 0 Å². The highest BCUT2D eigenvalue weighted by Gasteiger charge is 2.40. The summed E-state index contributed by atoms with van der Waals surface area (Å²) in [5.41, 5.74) is 5.68. The van der Waals surface area contributed by atoms with E-state index >= 15 is 4.39 Å². The SMILES string of the molecule is COc1c(N2C[C@@H](N)C(C)(C)C2)c(F)cc2c(=O)c(C(=O)O)cn(C3CC3)c12. The molecule has 3 N–H and O–H groups in total. The number of aromatic carboxylic acids is 1. The van der Waals surface area contributed by atoms with Crippen molar-refractivity contribution >= 4 is 22.6 Å². The third-order valence-electron chi connectivity index (χ3n) is 5.91. The van der Waals surface area contributed by atoms with Gasteiger partial charge in [-0.05, 0) is 24.3 Å². The van der Waals surface area contributed by atoms with Crippen molar-refractivity contribution in [1.82, 2.24) is 4.57 Å². The van der Waals surface area contributed by atoms with Crippen LogP contribution in [-0.2, 0) is 0 Å². The molecule has 1 aromatic heterocycles. The molecule has 0 spiro atoms. The fourth-order valence-corrected chi connectivity index (χ4v) is 4.05. The first kappa shape index (κ1) is 18.7. The number of aromatic nitrogens is 1. The normalized spacial score (nSPS) is 21.3. The number of hydrogen-bond donors (Lipinski definition) is 2. The maximum absolute atomic E-state index is 15.2. The van der Waals surface area contributed by atoms with Gasteiger partial charge in [0.25, 0.3) is 0 Å². The molecule has 150 valence electrons. The average molecular weight is 389 g/mol. The van der Waals surface area contributed by atoms with Crippen molar-refractivity contribution in [1.29, 1.82) is 0 Å². The summed E-state index contributed by atoms with van der Waals surface area (Å²) < 4.78 is 22.6. The second-order valence-electron chi connectivity index (χ2n) is 8.43. The Morgan fingerprint density at radius 3 is 2.57 bits per heavy atom. The Hall–Kier alpha value is -2.61. The molecule has 1 saturated carbocycles. The van der Waals surface area contributed by atoms with Gasteiger partial charge in [-0.2, -0.15) is 0 Å². The minimum Gasteiger partial charge on any atom is -0.492 e. The van der Waals surface area contributed by atoms with Gasteiger partial charge in [-0.25, -0.2) is 9.18 Å². The van der Waals surface area contributed by atoms with Crippen LogP contribution in [0, 0.1) is 11.2 Å². The van der Waals surface area contributed by atoms with Gasteiger partial charge in [0.2, 0.25) is 5.43 Å². The molecule has 1 aliphatic heterocycles. The quantitative estimate of drug-likeness (QED) is 0.833. The number of halogens is 1. The van der Waals surface area contributed by atoms with Gasteiger partial charge in [0.05, 0.1) is 18.0 Å². The Labute approximate surface area is 161 Å². The maximum atomic E-state index is 15.2. The van der Waals surface area contributed by atoms with E-state index in [1.807, 2.05) is 18.7 Å². The summed E-state index contributed by atoms with van der Waals surface area (Å²) in [6.07, 6.45) is 3.09. The molecule has 2 aromatic rings. The van der Waals surface area contributed by atoms with E-state index in [0.29, 0.717) is 18.6 Å². The highest BCUT2D eigenvalue weighted by molar-refractivity contribution is 5.97. The van der Waals surface area contributed by atoms with E-state index in [1.165, 1.54) is 13.3 Å². The molecule has 0 amide bonds. The van der Waals surface area contributed by atoms with Gasteiger partial charge < -0.3 is 25.0 Å². The lowest BCUT2D eigenvalue weighted by Crippen LogP contribution is -2.35. The van der Waals surface area contributed by atoms with Crippen LogP contribution in [-0.4, -0.2) is 41.9 Å². The first-order valence-corrected chi connectivity index (χ1v) is 9.35. The fraction of sp³-hybridized carbons (Fsp3) is 0.500. The lowest BCUT2D eigenvalue weighted by atomic mass is 9.89. The molecule has 28 heavy (non-hydrogen) atoms. The van der Waals surface area contributed by atoms with Gasteiger partial charge in [-0.1, -0.05) is 13.8 Å². The molecule has 1 aromatic carbocycles. The molecule has 2 aliphatic rings. The van der Waals surface area contributed by atoms with Gasteiger partial charge in [0, 0.05) is 31.4 Å². The number of carboxylic acids is 1. The number of nitrogens with two attached hydrogens (primary N) is 1. The zero-order valence-corrected chi connectivity index (χ0v) is 16.2. The minimum absolute atomic E-state index is 0.0210. The molecule has 0 unspecified atom stereocenters. The van der Waals surface area contributed by atoms with Crippen LogP contribution in [0.2, 0.25) is 0 Å².